The third kappa shape index (κ3) is 2.90. The number of pyridine rings is 1. The number of alkyl halides is 1. The number of fused-ring (bicyclic) bond motifs is 1. The molecular weight excluding hydrogens is 342 g/mol. The van der Waals surface area contributed by atoms with Crippen molar-refractivity contribution in [3.8, 4) is 5.75 Å². The predicted octanol–water partition coefficient (Wildman–Crippen LogP) is 4.09. The average Bonchev–Trinajstić information content (AvgIpc) is 2.88. The summed E-state index contributed by atoms with van der Waals surface area (Å²) in [5.41, 5.74) is 1.88. The number of hydrogen-bond donors (Lipinski definition) is 0. The fraction of sp³-hybridized carbons (Fsp3) is 0.133. The van der Waals surface area contributed by atoms with E-state index in [-0.39, 0.29) is 12.4 Å². The molecule has 1 aromatic carbocycles. The number of nitrogens with zero attached hydrogens (tertiary/aromatic N) is 2. The van der Waals surface area contributed by atoms with Crippen LogP contribution in [-0.2, 0) is 11.9 Å². The molecule has 0 spiro atoms. The quantitative estimate of drug-likeness (QED) is 0.661. The highest BCUT2D eigenvalue weighted by Crippen LogP contribution is 2.25. The number of hydrogen-bond acceptors (Lipinski definition) is 2. The van der Waals surface area contributed by atoms with Gasteiger partial charge in [0.05, 0.1) is 5.69 Å². The normalized spacial score (nSPS) is 11.0. The maximum Gasteiger partial charge on any atom is 0.191 e. The molecule has 2 aromatic heterocycles. The van der Waals surface area contributed by atoms with Crippen molar-refractivity contribution in [3.63, 3.8) is 0 Å². The van der Waals surface area contributed by atoms with Crippen LogP contribution in [0.15, 0.2) is 42.7 Å². The van der Waals surface area contributed by atoms with Gasteiger partial charge in [0.1, 0.15) is 12.3 Å². The van der Waals surface area contributed by atoms with Gasteiger partial charge >= 0.3 is 0 Å². The third-order valence-electron chi connectivity index (χ3n) is 2.99. The summed E-state index contributed by atoms with van der Waals surface area (Å²) in [6.45, 7) is 0.00315. The maximum absolute atomic E-state index is 13.8. The van der Waals surface area contributed by atoms with Crippen LogP contribution in [0.4, 0.5) is 8.78 Å². The van der Waals surface area contributed by atoms with E-state index < -0.39 is 11.6 Å². The molecule has 0 radical (unpaired) electrons. The van der Waals surface area contributed by atoms with Crippen LogP contribution in [0.1, 0.15) is 11.3 Å². The molecule has 0 atom stereocenters. The molecule has 0 N–H and O–H groups in total. The van der Waals surface area contributed by atoms with Crippen LogP contribution >= 0.6 is 15.9 Å². The van der Waals surface area contributed by atoms with Gasteiger partial charge in [0, 0.05) is 17.7 Å². The highest BCUT2D eigenvalue weighted by molar-refractivity contribution is 9.08. The lowest BCUT2D eigenvalue weighted by Crippen LogP contribution is -2.01. The summed E-state index contributed by atoms with van der Waals surface area (Å²) in [5.74, 6) is -1.81. The van der Waals surface area contributed by atoms with Crippen molar-refractivity contribution in [1.82, 2.24) is 9.38 Å². The largest absolute Gasteiger partial charge is 0.481 e. The van der Waals surface area contributed by atoms with Crippen LogP contribution in [0.2, 0.25) is 0 Å². The molecule has 108 valence electrons. The minimum atomic E-state index is -0.715. The summed E-state index contributed by atoms with van der Waals surface area (Å²) in [6, 6.07) is 8.08. The van der Waals surface area contributed by atoms with E-state index in [1.54, 1.807) is 6.20 Å². The Bertz CT molecular complexity index is 732. The molecule has 0 saturated heterocycles. The molecule has 0 fully saturated rings. The van der Waals surface area contributed by atoms with Crippen LogP contribution in [-0.4, -0.2) is 9.38 Å². The van der Waals surface area contributed by atoms with Gasteiger partial charge < -0.3 is 9.14 Å². The predicted molar refractivity (Wildman–Crippen MR) is 78.5 cm³/mol. The van der Waals surface area contributed by atoms with Gasteiger partial charge in [0.15, 0.2) is 17.4 Å². The molecule has 0 amide bonds. The average molecular weight is 353 g/mol. The van der Waals surface area contributed by atoms with Crippen LogP contribution in [0, 0.1) is 11.6 Å². The number of imidazole rings is 1. The second-order valence-electron chi connectivity index (χ2n) is 4.51. The maximum atomic E-state index is 13.8. The van der Waals surface area contributed by atoms with Crippen molar-refractivity contribution in [2.75, 3.05) is 0 Å². The van der Waals surface area contributed by atoms with Crippen LogP contribution in [0.3, 0.4) is 0 Å². The van der Waals surface area contributed by atoms with Crippen molar-refractivity contribution in [2.45, 2.75) is 11.9 Å². The summed E-state index contributed by atoms with van der Waals surface area (Å²) >= 11 is 3.16. The highest BCUT2D eigenvalue weighted by atomic mass is 79.9. The second-order valence-corrected chi connectivity index (χ2v) is 5.07. The lowest BCUT2D eigenvalue weighted by atomic mass is 10.2. The monoisotopic (exact) mass is 352 g/mol. The number of rotatable bonds is 4. The first-order chi connectivity index (χ1) is 10.2. The van der Waals surface area contributed by atoms with E-state index in [4.69, 9.17) is 4.74 Å². The van der Waals surface area contributed by atoms with Crippen molar-refractivity contribution in [2.24, 2.45) is 0 Å². The topological polar surface area (TPSA) is 26.5 Å². The molecule has 0 bridgehead atoms. The molecule has 21 heavy (non-hydrogen) atoms. The van der Waals surface area contributed by atoms with Gasteiger partial charge in [-0.05, 0) is 29.8 Å². The number of benzene rings is 1. The Labute approximate surface area is 128 Å². The van der Waals surface area contributed by atoms with Crippen molar-refractivity contribution >= 4 is 21.6 Å². The van der Waals surface area contributed by atoms with Gasteiger partial charge in [-0.2, -0.15) is 0 Å². The molecule has 0 aliphatic rings. The van der Waals surface area contributed by atoms with Gasteiger partial charge in [-0.3, -0.25) is 0 Å². The number of aromatic nitrogens is 2. The first-order valence-corrected chi connectivity index (χ1v) is 7.39. The first-order valence-electron chi connectivity index (χ1n) is 6.26. The summed E-state index contributed by atoms with van der Waals surface area (Å²) in [4.78, 5) is 4.31. The summed E-state index contributed by atoms with van der Waals surface area (Å²) in [7, 11) is 0. The Morgan fingerprint density at radius 2 is 1.95 bits per heavy atom. The van der Waals surface area contributed by atoms with Crippen LogP contribution in [0.25, 0.3) is 5.65 Å². The van der Waals surface area contributed by atoms with Crippen molar-refractivity contribution in [3.05, 3.63) is 65.6 Å². The molecule has 2 heterocycles. The van der Waals surface area contributed by atoms with Crippen molar-refractivity contribution in [1.29, 1.82) is 0 Å². The minimum Gasteiger partial charge on any atom is -0.481 e. The Hall–Kier alpha value is -1.95. The zero-order valence-corrected chi connectivity index (χ0v) is 12.5. The lowest BCUT2D eigenvalue weighted by Gasteiger charge is -2.08. The Kier molecular flexibility index (Phi) is 3.88. The molecule has 3 aromatic rings. The standard InChI is InChI=1S/C15H11BrF2N2O/c16-7-10-5-12(17)15(13(18)6-10)21-9-11-8-20-4-2-1-3-14(20)19-11/h1-6,8H,7,9H2. The molecular formula is C15H11BrF2N2O. The molecule has 3 nitrogen and oxygen atoms in total. The van der Waals surface area contributed by atoms with Gasteiger partial charge in [0.2, 0.25) is 0 Å². The number of halogens is 3. The molecule has 0 unspecified atom stereocenters. The zero-order chi connectivity index (χ0) is 14.8. The van der Waals surface area contributed by atoms with E-state index in [0.29, 0.717) is 16.6 Å². The first kappa shape index (κ1) is 14.0. The third-order valence-corrected chi connectivity index (χ3v) is 3.64. The van der Waals surface area contributed by atoms with E-state index in [9.17, 15) is 8.78 Å². The second kappa shape index (κ2) is 5.81. The van der Waals surface area contributed by atoms with Crippen LogP contribution < -0.4 is 4.74 Å². The molecule has 0 aliphatic carbocycles. The van der Waals surface area contributed by atoms with Gasteiger partial charge in [-0.1, -0.05) is 22.0 Å². The Balaban J connectivity index is 1.81. The van der Waals surface area contributed by atoms with E-state index in [0.717, 1.165) is 5.65 Å². The summed E-state index contributed by atoms with van der Waals surface area (Å²) in [5, 5.41) is 0.382. The Morgan fingerprint density at radius 1 is 1.19 bits per heavy atom. The van der Waals surface area contributed by atoms with Gasteiger partial charge in [0.25, 0.3) is 0 Å². The SMILES string of the molecule is Fc1cc(CBr)cc(F)c1OCc1cn2ccccc2n1. The number of ether oxygens (including phenoxy) is 1. The molecule has 6 heteroatoms. The molecule has 0 aliphatic heterocycles. The van der Waals surface area contributed by atoms with Gasteiger partial charge in [-0.25, -0.2) is 13.8 Å². The zero-order valence-electron chi connectivity index (χ0n) is 10.9. The van der Waals surface area contributed by atoms with Crippen molar-refractivity contribution < 1.29 is 13.5 Å². The van der Waals surface area contributed by atoms with Gasteiger partial charge in [-0.15, -0.1) is 0 Å². The smallest absolute Gasteiger partial charge is 0.191 e. The molecule has 3 rings (SSSR count). The molecule has 0 saturated carbocycles. The fourth-order valence-electron chi connectivity index (χ4n) is 2.03. The van der Waals surface area contributed by atoms with Crippen LogP contribution in [0.5, 0.6) is 5.75 Å². The minimum absolute atomic E-state index is 0.00315. The van der Waals surface area contributed by atoms with E-state index in [1.165, 1.54) is 12.1 Å². The Morgan fingerprint density at radius 3 is 2.62 bits per heavy atom. The van der Waals surface area contributed by atoms with E-state index in [2.05, 4.69) is 20.9 Å². The summed E-state index contributed by atoms with van der Waals surface area (Å²) < 4.78 is 34.6. The summed E-state index contributed by atoms with van der Waals surface area (Å²) in [6.07, 6.45) is 3.61. The lowest BCUT2D eigenvalue weighted by molar-refractivity contribution is 0.270. The highest BCUT2D eigenvalue weighted by Gasteiger charge is 2.13. The van der Waals surface area contributed by atoms with E-state index in [1.807, 2.05) is 28.8 Å². The van der Waals surface area contributed by atoms with E-state index >= 15 is 0 Å². The fourth-order valence-corrected chi connectivity index (χ4v) is 2.35.